The average Bonchev–Trinajstić information content (AvgIpc) is 3.09. The van der Waals surface area contributed by atoms with Crippen LogP contribution in [0.1, 0.15) is 5.56 Å². The van der Waals surface area contributed by atoms with E-state index in [0.29, 0.717) is 12.3 Å². The number of H-pyrrole nitrogens is 1. The molecule has 4 aromatic rings. The second-order valence-electron chi connectivity index (χ2n) is 6.08. The fourth-order valence-electron chi connectivity index (χ4n) is 3.06. The molecule has 0 saturated carbocycles. The Morgan fingerprint density at radius 1 is 1.08 bits per heavy atom. The maximum Gasteiger partial charge on any atom is 0.257 e. The van der Waals surface area contributed by atoms with Crippen molar-refractivity contribution in [3.63, 3.8) is 0 Å². The number of carbonyl (C=O) groups excluding carboxylic acids is 1. The summed E-state index contributed by atoms with van der Waals surface area (Å²) in [6.07, 6.45) is 4.48. The standard InChI is InChI=1S/C21H19N3O2/c25-20(14-26-19-9-3-5-15-6-4-11-23-21(15)19)22-12-10-16-13-24-18-8-2-1-7-17(16)18/h1-9,11,13,24H,10,12,14H2,(H,22,25). The molecule has 0 fully saturated rings. The number of nitrogens with zero attached hydrogens (tertiary/aromatic N) is 1. The molecule has 2 aromatic carbocycles. The van der Waals surface area contributed by atoms with Crippen LogP contribution in [-0.2, 0) is 11.2 Å². The Balaban J connectivity index is 1.31. The van der Waals surface area contributed by atoms with Crippen LogP contribution in [0.4, 0.5) is 0 Å². The van der Waals surface area contributed by atoms with Crippen molar-refractivity contribution in [2.75, 3.05) is 13.2 Å². The minimum absolute atomic E-state index is 0.0242. The number of nitrogens with one attached hydrogen (secondary N) is 2. The molecular weight excluding hydrogens is 326 g/mol. The number of benzene rings is 2. The van der Waals surface area contributed by atoms with E-state index in [1.54, 1.807) is 6.20 Å². The van der Waals surface area contributed by atoms with E-state index in [-0.39, 0.29) is 12.5 Å². The largest absolute Gasteiger partial charge is 0.481 e. The van der Waals surface area contributed by atoms with Crippen LogP contribution in [0.25, 0.3) is 21.8 Å². The van der Waals surface area contributed by atoms with Gasteiger partial charge in [-0.3, -0.25) is 9.78 Å². The summed E-state index contributed by atoms with van der Waals surface area (Å²) in [5.41, 5.74) is 3.07. The minimum Gasteiger partial charge on any atom is -0.481 e. The summed E-state index contributed by atoms with van der Waals surface area (Å²) in [7, 11) is 0. The van der Waals surface area contributed by atoms with Crippen LogP contribution in [0.3, 0.4) is 0 Å². The van der Waals surface area contributed by atoms with Gasteiger partial charge in [-0.05, 0) is 30.2 Å². The summed E-state index contributed by atoms with van der Waals surface area (Å²) in [6.45, 7) is 0.543. The highest BCUT2D eigenvalue weighted by molar-refractivity contribution is 5.85. The molecular formula is C21H19N3O2. The third kappa shape index (κ3) is 3.37. The van der Waals surface area contributed by atoms with E-state index in [9.17, 15) is 4.79 Å². The molecule has 0 aliphatic carbocycles. The molecule has 130 valence electrons. The van der Waals surface area contributed by atoms with Gasteiger partial charge in [0.25, 0.3) is 5.91 Å². The van der Waals surface area contributed by atoms with Crippen molar-refractivity contribution < 1.29 is 9.53 Å². The van der Waals surface area contributed by atoms with E-state index in [1.165, 1.54) is 10.9 Å². The number of aromatic nitrogens is 2. The number of carbonyl (C=O) groups is 1. The molecule has 2 heterocycles. The lowest BCUT2D eigenvalue weighted by Crippen LogP contribution is -2.30. The van der Waals surface area contributed by atoms with E-state index in [1.807, 2.05) is 54.7 Å². The predicted octanol–water partition coefficient (Wildman–Crippen LogP) is 3.45. The molecule has 0 unspecified atom stereocenters. The zero-order valence-corrected chi connectivity index (χ0v) is 14.2. The monoisotopic (exact) mass is 345 g/mol. The van der Waals surface area contributed by atoms with Gasteiger partial charge in [-0.25, -0.2) is 0 Å². The van der Waals surface area contributed by atoms with E-state index in [0.717, 1.165) is 22.8 Å². The molecule has 0 radical (unpaired) electrons. The number of hydrogen-bond acceptors (Lipinski definition) is 3. The Bertz CT molecular complexity index is 1050. The van der Waals surface area contributed by atoms with Gasteiger partial charge < -0.3 is 15.0 Å². The Hall–Kier alpha value is -3.34. The lowest BCUT2D eigenvalue weighted by Gasteiger charge is -2.09. The highest BCUT2D eigenvalue weighted by Crippen LogP contribution is 2.22. The van der Waals surface area contributed by atoms with Crippen LogP contribution in [-0.4, -0.2) is 29.0 Å². The first-order chi connectivity index (χ1) is 12.8. The number of para-hydroxylation sites is 2. The van der Waals surface area contributed by atoms with Crippen molar-refractivity contribution in [1.82, 2.24) is 15.3 Å². The first kappa shape index (κ1) is 16.1. The zero-order valence-electron chi connectivity index (χ0n) is 14.2. The number of ether oxygens (including phenoxy) is 1. The molecule has 0 bridgehead atoms. The zero-order chi connectivity index (χ0) is 17.8. The number of hydrogen-bond donors (Lipinski definition) is 2. The van der Waals surface area contributed by atoms with Gasteiger partial charge in [-0.1, -0.05) is 36.4 Å². The lowest BCUT2D eigenvalue weighted by atomic mass is 10.1. The van der Waals surface area contributed by atoms with Crippen molar-refractivity contribution in [2.45, 2.75) is 6.42 Å². The van der Waals surface area contributed by atoms with Gasteiger partial charge in [0.05, 0.1) is 0 Å². The Morgan fingerprint density at radius 3 is 2.92 bits per heavy atom. The average molecular weight is 345 g/mol. The molecule has 5 nitrogen and oxygen atoms in total. The molecule has 2 N–H and O–H groups in total. The number of pyridine rings is 1. The molecule has 4 rings (SSSR count). The highest BCUT2D eigenvalue weighted by atomic mass is 16.5. The molecule has 0 atom stereocenters. The van der Waals surface area contributed by atoms with Crippen molar-refractivity contribution >= 4 is 27.7 Å². The van der Waals surface area contributed by atoms with E-state index in [2.05, 4.69) is 21.4 Å². The van der Waals surface area contributed by atoms with Crippen LogP contribution < -0.4 is 10.1 Å². The second-order valence-corrected chi connectivity index (χ2v) is 6.08. The molecule has 0 aliphatic rings. The SMILES string of the molecule is O=C(COc1cccc2cccnc12)NCCc1c[nH]c2ccccc12. The molecule has 0 spiro atoms. The second kappa shape index (κ2) is 7.27. The summed E-state index contributed by atoms with van der Waals surface area (Å²) in [5.74, 6) is 0.479. The van der Waals surface area contributed by atoms with Crippen LogP contribution in [0.5, 0.6) is 5.75 Å². The van der Waals surface area contributed by atoms with Crippen LogP contribution in [0.15, 0.2) is 67.0 Å². The molecule has 2 aromatic heterocycles. The third-order valence-corrected chi connectivity index (χ3v) is 4.35. The van der Waals surface area contributed by atoms with Gasteiger partial charge in [0.2, 0.25) is 0 Å². The molecule has 0 saturated heterocycles. The Kier molecular flexibility index (Phi) is 4.51. The third-order valence-electron chi connectivity index (χ3n) is 4.35. The van der Waals surface area contributed by atoms with Gasteiger partial charge in [0.1, 0.15) is 11.3 Å². The number of aromatic amines is 1. The van der Waals surface area contributed by atoms with Gasteiger partial charge in [-0.2, -0.15) is 0 Å². The molecule has 26 heavy (non-hydrogen) atoms. The molecule has 0 aliphatic heterocycles. The Labute approximate surface area is 151 Å². The first-order valence-electron chi connectivity index (χ1n) is 8.59. The van der Waals surface area contributed by atoms with E-state index in [4.69, 9.17) is 4.74 Å². The summed E-state index contributed by atoms with van der Waals surface area (Å²) in [4.78, 5) is 19.6. The minimum atomic E-state index is -0.141. The molecule has 5 heteroatoms. The van der Waals surface area contributed by atoms with Crippen molar-refractivity contribution in [2.24, 2.45) is 0 Å². The van der Waals surface area contributed by atoms with Crippen molar-refractivity contribution in [3.05, 3.63) is 72.6 Å². The fraction of sp³-hybridized carbons (Fsp3) is 0.143. The summed E-state index contributed by atoms with van der Waals surface area (Å²) in [5, 5.41) is 5.09. The number of rotatable bonds is 6. The van der Waals surface area contributed by atoms with Crippen LogP contribution >= 0.6 is 0 Å². The highest BCUT2D eigenvalue weighted by Gasteiger charge is 2.07. The van der Waals surface area contributed by atoms with Gasteiger partial charge >= 0.3 is 0 Å². The molecule has 1 amide bonds. The van der Waals surface area contributed by atoms with Crippen LogP contribution in [0, 0.1) is 0 Å². The summed E-state index contributed by atoms with van der Waals surface area (Å²) >= 11 is 0. The maximum atomic E-state index is 12.1. The Morgan fingerprint density at radius 2 is 1.96 bits per heavy atom. The van der Waals surface area contributed by atoms with Crippen LogP contribution in [0.2, 0.25) is 0 Å². The van der Waals surface area contributed by atoms with E-state index >= 15 is 0 Å². The summed E-state index contributed by atoms with van der Waals surface area (Å²) < 4.78 is 5.66. The van der Waals surface area contributed by atoms with Gasteiger partial charge in [0.15, 0.2) is 6.61 Å². The lowest BCUT2D eigenvalue weighted by molar-refractivity contribution is -0.123. The maximum absolute atomic E-state index is 12.1. The predicted molar refractivity (Wildman–Crippen MR) is 102 cm³/mol. The first-order valence-corrected chi connectivity index (χ1v) is 8.59. The quantitative estimate of drug-likeness (QED) is 0.562. The van der Waals surface area contributed by atoms with Gasteiger partial charge in [0, 0.05) is 35.2 Å². The van der Waals surface area contributed by atoms with E-state index < -0.39 is 0 Å². The number of amides is 1. The fourth-order valence-corrected chi connectivity index (χ4v) is 3.06. The summed E-state index contributed by atoms with van der Waals surface area (Å²) in [6, 6.07) is 17.7. The topological polar surface area (TPSA) is 67.0 Å². The number of fused-ring (bicyclic) bond motifs is 2. The normalized spacial score (nSPS) is 10.9. The van der Waals surface area contributed by atoms with Gasteiger partial charge in [-0.15, -0.1) is 0 Å². The van der Waals surface area contributed by atoms with Crippen molar-refractivity contribution in [3.8, 4) is 5.75 Å². The van der Waals surface area contributed by atoms with Crippen molar-refractivity contribution in [1.29, 1.82) is 0 Å². The smallest absolute Gasteiger partial charge is 0.257 e.